The van der Waals surface area contributed by atoms with Crippen LogP contribution in [0.3, 0.4) is 0 Å². The summed E-state index contributed by atoms with van der Waals surface area (Å²) in [4.78, 5) is 31.0. The van der Waals surface area contributed by atoms with Crippen LogP contribution in [0.5, 0.6) is 0 Å². The first kappa shape index (κ1) is 21.0. The molecule has 140 valence electrons. The Kier molecular flexibility index (Phi) is 8.71. The van der Waals surface area contributed by atoms with Gasteiger partial charge in [0.05, 0.1) is 17.4 Å². The molecule has 0 aliphatic carbocycles. The van der Waals surface area contributed by atoms with Crippen LogP contribution in [0, 0.1) is 20.8 Å². The molecule has 3 aromatic heterocycles. The predicted molar refractivity (Wildman–Crippen MR) is 99.7 cm³/mol. The van der Waals surface area contributed by atoms with E-state index in [1.165, 1.54) is 5.69 Å². The molecule has 3 heterocycles. The number of nitrogens with one attached hydrogen (secondary N) is 1. The third-order valence-electron chi connectivity index (χ3n) is 3.43. The zero-order chi connectivity index (χ0) is 19.5. The first-order valence-corrected chi connectivity index (χ1v) is 8.46. The van der Waals surface area contributed by atoms with Crippen molar-refractivity contribution in [2.75, 3.05) is 11.9 Å². The second-order valence-electron chi connectivity index (χ2n) is 5.01. The van der Waals surface area contributed by atoms with E-state index in [2.05, 4.69) is 37.8 Å². The van der Waals surface area contributed by atoms with Crippen molar-refractivity contribution >= 4 is 40.3 Å². The first-order valence-electron chi connectivity index (χ1n) is 7.58. The minimum absolute atomic E-state index is 0.250. The molecule has 0 unspecified atom stereocenters. The van der Waals surface area contributed by atoms with Gasteiger partial charge in [-0.05, 0) is 32.2 Å². The molecule has 0 saturated carbocycles. The number of aryl methyl sites for hydroxylation is 2. The molecule has 0 spiro atoms. The molecule has 3 N–H and O–H groups in total. The zero-order valence-corrected chi connectivity index (χ0v) is 15.5. The number of aromatic nitrogens is 4. The second kappa shape index (κ2) is 10.8. The second-order valence-corrected chi connectivity index (χ2v) is 5.90. The minimum Gasteiger partial charge on any atom is -0.483 e. The van der Waals surface area contributed by atoms with Crippen LogP contribution in [0.2, 0.25) is 0 Å². The highest BCUT2D eigenvalue weighted by Crippen LogP contribution is 2.24. The maximum Gasteiger partial charge on any atom is 0.290 e. The van der Waals surface area contributed by atoms with E-state index in [9.17, 15) is 0 Å². The van der Waals surface area contributed by atoms with Crippen molar-refractivity contribution in [1.82, 2.24) is 19.5 Å². The molecule has 0 aromatic carbocycles. The van der Waals surface area contributed by atoms with Gasteiger partial charge < -0.3 is 20.1 Å². The lowest BCUT2D eigenvalue weighted by Gasteiger charge is -2.09. The Bertz CT molecular complexity index is 840. The van der Waals surface area contributed by atoms with Gasteiger partial charge in [0.1, 0.15) is 16.5 Å². The maximum absolute atomic E-state index is 8.36. The summed E-state index contributed by atoms with van der Waals surface area (Å²) < 4.78 is 2.15. The summed E-state index contributed by atoms with van der Waals surface area (Å²) >= 11 is 1.64. The van der Waals surface area contributed by atoms with Gasteiger partial charge in [0.25, 0.3) is 12.9 Å². The standard InChI is InChI=1S/C14H17N5S.2CH2O2/c1-9-10(2)19(8-16-9)6-5-15-13-12-4-7-20-14(12)18-11(3)17-13;2*2-1-3/h4,7-8H,5-6H2,1-3H3,(H,15,17,18);2*1H,(H,2,3). The van der Waals surface area contributed by atoms with Gasteiger partial charge in [-0.25, -0.2) is 15.0 Å². The first-order chi connectivity index (χ1) is 12.5. The van der Waals surface area contributed by atoms with E-state index in [1.807, 2.05) is 25.6 Å². The van der Waals surface area contributed by atoms with E-state index in [0.717, 1.165) is 40.6 Å². The zero-order valence-electron chi connectivity index (χ0n) is 14.7. The van der Waals surface area contributed by atoms with Gasteiger partial charge in [-0.15, -0.1) is 11.3 Å². The van der Waals surface area contributed by atoms with E-state index < -0.39 is 0 Å². The number of imidazole rings is 1. The molecule has 26 heavy (non-hydrogen) atoms. The number of carboxylic acid groups (broad SMARTS) is 2. The van der Waals surface area contributed by atoms with Gasteiger partial charge in [-0.2, -0.15) is 0 Å². The molecule has 0 fully saturated rings. The minimum atomic E-state index is -0.250. The van der Waals surface area contributed by atoms with Gasteiger partial charge in [-0.3, -0.25) is 9.59 Å². The molecule has 0 amide bonds. The monoisotopic (exact) mass is 379 g/mol. The maximum atomic E-state index is 8.36. The number of hydrogen-bond donors (Lipinski definition) is 3. The molecular weight excluding hydrogens is 358 g/mol. The molecule has 0 atom stereocenters. The Morgan fingerprint density at radius 3 is 2.42 bits per heavy atom. The molecule has 0 radical (unpaired) electrons. The number of thiophene rings is 1. The van der Waals surface area contributed by atoms with Crippen LogP contribution in [-0.4, -0.2) is 49.2 Å². The molecule has 0 aliphatic heterocycles. The summed E-state index contributed by atoms with van der Waals surface area (Å²) in [6.07, 6.45) is 1.89. The Hall–Kier alpha value is -3.01. The molecule has 9 nitrogen and oxygen atoms in total. The highest BCUT2D eigenvalue weighted by atomic mass is 32.1. The molecule has 0 saturated heterocycles. The largest absolute Gasteiger partial charge is 0.483 e. The summed E-state index contributed by atoms with van der Waals surface area (Å²) in [5.74, 6) is 1.72. The van der Waals surface area contributed by atoms with Crippen LogP contribution in [0.4, 0.5) is 5.82 Å². The van der Waals surface area contributed by atoms with E-state index in [-0.39, 0.29) is 12.9 Å². The van der Waals surface area contributed by atoms with Gasteiger partial charge in [0.2, 0.25) is 0 Å². The summed E-state index contributed by atoms with van der Waals surface area (Å²) in [7, 11) is 0. The SMILES string of the molecule is Cc1nc(NCCn2cnc(C)c2C)c2ccsc2n1.O=CO.O=CO. The van der Waals surface area contributed by atoms with Crippen molar-refractivity contribution in [3.63, 3.8) is 0 Å². The molecule has 3 aromatic rings. The fourth-order valence-corrected chi connectivity index (χ4v) is 2.97. The Morgan fingerprint density at radius 1 is 1.19 bits per heavy atom. The fourth-order valence-electron chi connectivity index (χ4n) is 2.16. The lowest BCUT2D eigenvalue weighted by Crippen LogP contribution is -2.12. The van der Waals surface area contributed by atoms with Crippen molar-refractivity contribution in [2.24, 2.45) is 0 Å². The number of nitrogens with zero attached hydrogens (tertiary/aromatic N) is 4. The number of anilines is 1. The molecule has 0 aliphatic rings. The summed E-state index contributed by atoms with van der Waals surface area (Å²) in [6, 6.07) is 2.06. The molecule has 10 heteroatoms. The van der Waals surface area contributed by atoms with Crippen LogP contribution in [0.15, 0.2) is 17.8 Å². The number of hydrogen-bond acceptors (Lipinski definition) is 7. The molecular formula is C16H21N5O4S. The van der Waals surface area contributed by atoms with Crippen LogP contribution >= 0.6 is 11.3 Å². The van der Waals surface area contributed by atoms with E-state index in [0.29, 0.717) is 0 Å². The number of fused-ring (bicyclic) bond motifs is 1. The quantitative estimate of drug-likeness (QED) is 0.589. The third kappa shape index (κ3) is 5.81. The lowest BCUT2D eigenvalue weighted by molar-refractivity contribution is -0.123. The average Bonchev–Trinajstić information content (AvgIpc) is 3.18. The van der Waals surface area contributed by atoms with Crippen molar-refractivity contribution in [3.05, 3.63) is 35.0 Å². The van der Waals surface area contributed by atoms with Gasteiger partial charge >= 0.3 is 0 Å². The third-order valence-corrected chi connectivity index (χ3v) is 4.23. The molecule has 3 rings (SSSR count). The van der Waals surface area contributed by atoms with Gasteiger partial charge in [0.15, 0.2) is 0 Å². The number of rotatable bonds is 4. The van der Waals surface area contributed by atoms with Gasteiger partial charge in [-0.1, -0.05) is 0 Å². The molecule has 0 bridgehead atoms. The highest BCUT2D eigenvalue weighted by Gasteiger charge is 2.07. The summed E-state index contributed by atoms with van der Waals surface area (Å²) in [5, 5.41) is 20.3. The van der Waals surface area contributed by atoms with Crippen molar-refractivity contribution in [1.29, 1.82) is 0 Å². The summed E-state index contributed by atoms with van der Waals surface area (Å²) in [6.45, 7) is 7.24. The van der Waals surface area contributed by atoms with Crippen molar-refractivity contribution in [3.8, 4) is 0 Å². The lowest BCUT2D eigenvalue weighted by atomic mass is 10.3. The Labute approximate surface area is 154 Å². The van der Waals surface area contributed by atoms with Crippen LogP contribution in [0.25, 0.3) is 10.2 Å². The predicted octanol–water partition coefficient (Wildman–Crippen LogP) is 2.33. The van der Waals surface area contributed by atoms with Crippen molar-refractivity contribution in [2.45, 2.75) is 27.3 Å². The summed E-state index contributed by atoms with van der Waals surface area (Å²) in [5.41, 5.74) is 2.30. The topological polar surface area (TPSA) is 130 Å². The van der Waals surface area contributed by atoms with Gasteiger partial charge in [0, 0.05) is 18.8 Å². The smallest absolute Gasteiger partial charge is 0.290 e. The normalized spacial score (nSPS) is 9.50. The average molecular weight is 379 g/mol. The highest BCUT2D eigenvalue weighted by molar-refractivity contribution is 7.16. The Morgan fingerprint density at radius 2 is 1.85 bits per heavy atom. The van der Waals surface area contributed by atoms with E-state index in [4.69, 9.17) is 19.8 Å². The Balaban J connectivity index is 0.000000499. The fraction of sp³-hybridized carbons (Fsp3) is 0.312. The van der Waals surface area contributed by atoms with Crippen molar-refractivity contribution < 1.29 is 19.8 Å². The van der Waals surface area contributed by atoms with Crippen LogP contribution in [0.1, 0.15) is 17.2 Å². The van der Waals surface area contributed by atoms with Crippen LogP contribution in [-0.2, 0) is 16.1 Å². The van der Waals surface area contributed by atoms with E-state index >= 15 is 0 Å². The van der Waals surface area contributed by atoms with E-state index in [1.54, 1.807) is 11.3 Å². The number of carbonyl (C=O) groups is 2. The van der Waals surface area contributed by atoms with Crippen LogP contribution < -0.4 is 5.32 Å².